The topological polar surface area (TPSA) is 211 Å². The molecule has 10 N–H and O–H groups in total. The van der Waals surface area contributed by atoms with E-state index in [0.29, 0.717) is 19.4 Å². The molecule has 144 valence electrons. The summed E-state index contributed by atoms with van der Waals surface area (Å²) in [5.74, 6) is -3.79. The van der Waals surface area contributed by atoms with Gasteiger partial charge in [-0.1, -0.05) is 0 Å². The lowest BCUT2D eigenvalue weighted by Gasteiger charge is -2.24. The molecule has 0 aromatic heterocycles. The summed E-state index contributed by atoms with van der Waals surface area (Å²) in [6.45, 7) is 1.64. The van der Waals surface area contributed by atoms with Gasteiger partial charge in [-0.05, 0) is 32.7 Å². The molecule has 0 aliphatic heterocycles. The number of aliphatic hydroxyl groups excluding tert-OH is 1. The van der Waals surface area contributed by atoms with Crippen LogP contribution < -0.4 is 27.8 Å². The highest BCUT2D eigenvalue weighted by Gasteiger charge is 2.31. The Bertz CT molecular complexity index is 484. The molecule has 0 aromatic rings. The molecule has 0 spiro atoms. The summed E-state index contributed by atoms with van der Waals surface area (Å²) in [6.07, 6.45) is -0.513. The molecular weight excluding hydrogens is 334 g/mol. The first kappa shape index (κ1) is 22.8. The summed E-state index contributed by atoms with van der Waals surface area (Å²) in [4.78, 5) is 46.0. The number of carboxylic acids is 1. The number of nitrogens with two attached hydrogens (primary N) is 3. The smallest absolute Gasteiger partial charge is 0.326 e. The van der Waals surface area contributed by atoms with Crippen LogP contribution in [-0.2, 0) is 19.2 Å². The minimum atomic E-state index is -1.43. The molecule has 0 heterocycles. The maximum Gasteiger partial charge on any atom is 0.326 e. The second-order valence-electron chi connectivity index (χ2n) is 5.69. The van der Waals surface area contributed by atoms with Crippen LogP contribution in [0, 0.1) is 0 Å². The monoisotopic (exact) mass is 361 g/mol. The molecule has 0 radical (unpaired) electrons. The molecule has 4 atom stereocenters. The summed E-state index contributed by atoms with van der Waals surface area (Å²) >= 11 is 0. The Hall–Kier alpha value is -2.24. The van der Waals surface area contributed by atoms with Crippen LogP contribution >= 0.6 is 0 Å². The summed E-state index contributed by atoms with van der Waals surface area (Å²) in [5.41, 5.74) is 15.7. The Labute approximate surface area is 145 Å². The van der Waals surface area contributed by atoms with Gasteiger partial charge < -0.3 is 38.0 Å². The third kappa shape index (κ3) is 8.98. The molecule has 0 rings (SSSR count). The van der Waals surface area contributed by atoms with Crippen molar-refractivity contribution in [3.05, 3.63) is 0 Å². The fourth-order valence-corrected chi connectivity index (χ4v) is 1.99. The number of hydrogen-bond acceptors (Lipinski definition) is 7. The van der Waals surface area contributed by atoms with E-state index in [4.69, 9.17) is 22.3 Å². The lowest BCUT2D eigenvalue weighted by atomic mass is 10.1. The van der Waals surface area contributed by atoms with Crippen LogP contribution in [-0.4, -0.2) is 64.7 Å². The van der Waals surface area contributed by atoms with Gasteiger partial charge in [-0.3, -0.25) is 14.4 Å². The first-order valence-corrected chi connectivity index (χ1v) is 7.85. The minimum Gasteiger partial charge on any atom is -0.480 e. The van der Waals surface area contributed by atoms with Crippen molar-refractivity contribution in [3.8, 4) is 0 Å². The lowest BCUT2D eigenvalue weighted by molar-refractivity contribution is -0.143. The number of hydrogen-bond donors (Lipinski definition) is 7. The Kier molecular flexibility index (Phi) is 10.3. The van der Waals surface area contributed by atoms with E-state index >= 15 is 0 Å². The van der Waals surface area contributed by atoms with Gasteiger partial charge in [0.05, 0.1) is 18.6 Å². The molecular formula is C14H27N5O6. The highest BCUT2D eigenvalue weighted by molar-refractivity contribution is 5.93. The number of aliphatic carboxylic acids is 1. The van der Waals surface area contributed by atoms with Crippen LogP contribution in [0.15, 0.2) is 0 Å². The lowest BCUT2D eigenvalue weighted by Crippen LogP contribution is -2.58. The van der Waals surface area contributed by atoms with Crippen molar-refractivity contribution in [2.24, 2.45) is 17.2 Å². The number of amides is 3. The van der Waals surface area contributed by atoms with Gasteiger partial charge >= 0.3 is 5.97 Å². The summed E-state index contributed by atoms with van der Waals surface area (Å²) in [6, 6.07) is -3.90. The van der Waals surface area contributed by atoms with E-state index in [1.165, 1.54) is 6.92 Å². The summed E-state index contributed by atoms with van der Waals surface area (Å²) in [5, 5.41) is 23.3. The summed E-state index contributed by atoms with van der Waals surface area (Å²) < 4.78 is 0. The molecule has 0 saturated heterocycles. The number of nitrogens with one attached hydrogen (secondary N) is 2. The zero-order valence-electron chi connectivity index (χ0n) is 14.1. The highest BCUT2D eigenvalue weighted by atomic mass is 16.4. The van der Waals surface area contributed by atoms with Crippen molar-refractivity contribution < 1.29 is 29.4 Å². The highest BCUT2D eigenvalue weighted by Crippen LogP contribution is 2.03. The molecule has 0 aromatic carbocycles. The van der Waals surface area contributed by atoms with Crippen LogP contribution in [0.1, 0.15) is 32.6 Å². The van der Waals surface area contributed by atoms with E-state index in [-0.39, 0.29) is 6.42 Å². The second kappa shape index (κ2) is 11.3. The van der Waals surface area contributed by atoms with E-state index in [1.807, 2.05) is 0 Å². The SMILES string of the molecule is C[C@@H](O)[C@H](NC(=O)[C@@H](N)CC(N)=O)C(=O)N[C@@H](CCCCN)C(=O)O. The van der Waals surface area contributed by atoms with Gasteiger partial charge in [0.2, 0.25) is 17.7 Å². The third-order valence-electron chi connectivity index (χ3n) is 3.38. The van der Waals surface area contributed by atoms with E-state index in [2.05, 4.69) is 10.6 Å². The van der Waals surface area contributed by atoms with Crippen LogP contribution in [0.3, 0.4) is 0 Å². The number of carbonyl (C=O) groups excluding carboxylic acids is 3. The van der Waals surface area contributed by atoms with Gasteiger partial charge in [-0.2, -0.15) is 0 Å². The van der Waals surface area contributed by atoms with Crippen molar-refractivity contribution in [1.29, 1.82) is 0 Å². The number of carboxylic acid groups (broad SMARTS) is 1. The van der Waals surface area contributed by atoms with Crippen LogP contribution in [0.2, 0.25) is 0 Å². The number of unbranched alkanes of at least 4 members (excludes halogenated alkanes) is 1. The molecule has 0 aliphatic carbocycles. The van der Waals surface area contributed by atoms with Gasteiger partial charge in [0.1, 0.15) is 12.1 Å². The van der Waals surface area contributed by atoms with Crippen molar-refractivity contribution in [2.75, 3.05) is 6.54 Å². The average molecular weight is 361 g/mol. The Morgan fingerprint density at radius 1 is 1.08 bits per heavy atom. The maximum atomic E-state index is 12.2. The molecule has 0 fully saturated rings. The zero-order chi connectivity index (χ0) is 19.6. The van der Waals surface area contributed by atoms with Gasteiger partial charge in [-0.15, -0.1) is 0 Å². The van der Waals surface area contributed by atoms with Crippen molar-refractivity contribution in [1.82, 2.24) is 10.6 Å². The Morgan fingerprint density at radius 3 is 2.12 bits per heavy atom. The first-order chi connectivity index (χ1) is 11.6. The number of carbonyl (C=O) groups is 4. The standard InChI is InChI=1S/C14H27N5O6/c1-7(20)11(19-12(22)8(16)6-10(17)21)13(23)18-9(14(24)25)4-2-3-5-15/h7-9,11,20H,2-6,15-16H2,1H3,(H2,17,21)(H,18,23)(H,19,22)(H,24,25)/t7-,8+,9+,11+/m1/s1. The van der Waals surface area contributed by atoms with Gasteiger partial charge in [0, 0.05) is 0 Å². The van der Waals surface area contributed by atoms with Crippen molar-refractivity contribution in [3.63, 3.8) is 0 Å². The van der Waals surface area contributed by atoms with Crippen LogP contribution in [0.5, 0.6) is 0 Å². The largest absolute Gasteiger partial charge is 0.480 e. The molecule has 0 aliphatic rings. The van der Waals surface area contributed by atoms with E-state index in [9.17, 15) is 24.3 Å². The van der Waals surface area contributed by atoms with Gasteiger partial charge in [0.25, 0.3) is 0 Å². The molecule has 0 unspecified atom stereocenters. The fraction of sp³-hybridized carbons (Fsp3) is 0.714. The van der Waals surface area contributed by atoms with Crippen molar-refractivity contribution >= 4 is 23.7 Å². The molecule has 11 nitrogen and oxygen atoms in total. The Balaban J connectivity index is 4.88. The molecule has 0 bridgehead atoms. The predicted molar refractivity (Wildman–Crippen MR) is 87.9 cm³/mol. The minimum absolute atomic E-state index is 0.153. The maximum absolute atomic E-state index is 12.2. The molecule has 11 heteroatoms. The second-order valence-corrected chi connectivity index (χ2v) is 5.69. The van der Waals surface area contributed by atoms with Gasteiger partial charge in [-0.25, -0.2) is 4.79 Å². The third-order valence-corrected chi connectivity index (χ3v) is 3.38. The molecule has 0 saturated carbocycles. The Morgan fingerprint density at radius 2 is 1.68 bits per heavy atom. The van der Waals surface area contributed by atoms with E-state index in [1.54, 1.807) is 0 Å². The summed E-state index contributed by atoms with van der Waals surface area (Å²) in [7, 11) is 0. The van der Waals surface area contributed by atoms with E-state index < -0.39 is 54.3 Å². The molecule has 25 heavy (non-hydrogen) atoms. The number of primary amides is 1. The van der Waals surface area contributed by atoms with Gasteiger partial charge in [0.15, 0.2) is 0 Å². The van der Waals surface area contributed by atoms with Crippen LogP contribution in [0.4, 0.5) is 0 Å². The first-order valence-electron chi connectivity index (χ1n) is 7.85. The average Bonchev–Trinajstić information content (AvgIpc) is 2.50. The predicted octanol–water partition coefficient (Wildman–Crippen LogP) is -3.25. The normalized spacial score (nSPS) is 15.5. The molecule has 3 amide bonds. The van der Waals surface area contributed by atoms with Crippen LogP contribution in [0.25, 0.3) is 0 Å². The van der Waals surface area contributed by atoms with Crippen molar-refractivity contribution in [2.45, 2.75) is 56.8 Å². The van der Waals surface area contributed by atoms with E-state index in [0.717, 1.165) is 0 Å². The number of rotatable bonds is 12. The number of aliphatic hydroxyl groups is 1. The quantitative estimate of drug-likeness (QED) is 0.175. The zero-order valence-corrected chi connectivity index (χ0v) is 14.1. The fourth-order valence-electron chi connectivity index (χ4n) is 1.99.